The predicted molar refractivity (Wildman–Crippen MR) is 436 cm³/mol. The van der Waals surface area contributed by atoms with Gasteiger partial charge in [0.25, 0.3) is 17.7 Å². The molecule has 0 saturated carbocycles. The van der Waals surface area contributed by atoms with Crippen LogP contribution in [0.25, 0.3) is 0 Å². The molecule has 0 unspecified atom stereocenters. The molecule has 8 aromatic carbocycles. The van der Waals surface area contributed by atoms with Crippen LogP contribution in [0.5, 0.6) is 23.0 Å². The zero-order chi connectivity index (χ0) is 85.9. The zero-order valence-electron chi connectivity index (χ0n) is 67.0. The van der Waals surface area contributed by atoms with Gasteiger partial charge in [-0.05, 0) is 227 Å². The average Bonchev–Trinajstić information content (AvgIpc) is 0.857. The van der Waals surface area contributed by atoms with Crippen LogP contribution in [0, 0.1) is 27.7 Å². The summed E-state index contributed by atoms with van der Waals surface area (Å²) in [6, 6.07) is 55.4. The first-order chi connectivity index (χ1) is 53.7. The topological polar surface area (TPSA) is 263 Å². The van der Waals surface area contributed by atoms with Crippen molar-refractivity contribution in [2.45, 2.75) is 107 Å². The molecule has 608 valence electrons. The van der Waals surface area contributed by atoms with Crippen LogP contribution in [0.1, 0.15) is 127 Å². The number of nitrogens with one attached hydrogen (secondary N) is 3. The van der Waals surface area contributed by atoms with Gasteiger partial charge in [0.15, 0.2) is 0 Å². The lowest BCUT2D eigenvalue weighted by molar-refractivity contribution is -0.173. The number of alkyl carbamates (subject to hydrolysis) is 1. The molecule has 8 aromatic rings. The standard InChI is InChI=1S/C24H29FN2O4.C21H20F4N2O3.C15H15NO2.C10H16BrFO2.C8H11N.C7H6O3.CH4/c1-17-6-10-20(11-7-17)27(5)22(28)19-8-12-21(13-9-19)30-16-18(14-25)15-26-23(29)31-24(2,3)4;1-14-3-7-17(8-4-14)27(2)19(28)16-5-9-18(10-6-16)30-13-15(11-22)12-26-20(29)21(23,24)25;1-11-3-7-13(8-4-11)16(2)15(18)12-5-9-14(17)10-6-12;1-10(2,3)14-9(13)5-4-8(6-11)7-12;1-7-3-5-8(9-2)6-4-7;8-6-3-1-5(2-4-6)7(9)10;/h6-14H,15-16H2,1-5H3,(H,26,29);3-11H,12-13H2,1-2H3,(H,26,29);3-10,17H,1-2H3;7H,4-6H2,1-3H3;3-6,9H,1-2H3;1-4,8H,(H,9,10);1H4/i;;;;;;1T. The van der Waals surface area contributed by atoms with Crippen LogP contribution in [0.3, 0.4) is 0 Å². The molecule has 0 aliphatic rings. The lowest BCUT2D eigenvalue weighted by atomic mass is 10.1. The van der Waals surface area contributed by atoms with Crippen molar-refractivity contribution in [3.8, 4) is 23.0 Å². The zero-order valence-corrected chi connectivity index (χ0v) is 67.6. The number of aromatic carboxylic acids is 1. The van der Waals surface area contributed by atoms with Crippen LogP contribution in [-0.2, 0) is 19.1 Å². The Morgan fingerprint density at radius 1 is 0.460 bits per heavy atom. The number of hydrogen-bond acceptors (Lipinski definition) is 14. The SMILES string of the molecule is CC(C)(C)OC(=O)CCC(=CF)CBr.CNc1ccc(C)cc1.Cc1ccc(N(C)C(=O)c2ccc(O)cc2)cc1.Cc1ccc(N(C)C(=O)c2ccc(OCC(=CF)CNC(=O)C(F)(F)F)cc2)cc1.Cc1ccc(N(C)C(=O)c2ccc(OCC(=CF)CNC(=O)OC(C)(C)C)cc2)cc1.O=C(O)c1ccc(O)cc1.[3H]C. The van der Waals surface area contributed by atoms with Crippen molar-refractivity contribution in [1.29, 1.82) is 0 Å². The van der Waals surface area contributed by atoms with E-state index in [-0.39, 0.29) is 90.2 Å². The molecule has 0 aromatic heterocycles. The van der Waals surface area contributed by atoms with Gasteiger partial charge in [-0.2, -0.15) is 13.2 Å². The molecule has 0 aliphatic heterocycles. The van der Waals surface area contributed by atoms with Crippen molar-refractivity contribution >= 4 is 80.3 Å². The summed E-state index contributed by atoms with van der Waals surface area (Å²) >= 11 is 3.13. The Morgan fingerprint density at radius 2 is 0.770 bits per heavy atom. The number of hydrogen-bond donors (Lipinski definition) is 6. The largest absolute Gasteiger partial charge is 0.508 e. The number of phenolic OH excluding ortho intramolecular Hbond substituents is 2. The summed E-state index contributed by atoms with van der Waals surface area (Å²) in [6.45, 7) is 17.6. The van der Waals surface area contributed by atoms with E-state index >= 15 is 0 Å². The predicted octanol–water partition coefficient (Wildman–Crippen LogP) is 19.3. The van der Waals surface area contributed by atoms with E-state index in [1.807, 2.05) is 101 Å². The molecule has 20 nitrogen and oxygen atoms in total. The van der Waals surface area contributed by atoms with Crippen LogP contribution in [-0.4, -0.2) is 134 Å². The number of carboxylic acid groups (broad SMARTS) is 1. The summed E-state index contributed by atoms with van der Waals surface area (Å²) < 4.78 is 101. The van der Waals surface area contributed by atoms with Gasteiger partial charge >= 0.3 is 30.1 Å². The Hall–Kier alpha value is -11.9. The quantitative estimate of drug-likeness (QED) is 0.0209. The lowest BCUT2D eigenvalue weighted by Gasteiger charge is -2.20. The van der Waals surface area contributed by atoms with E-state index in [0.29, 0.717) is 52.4 Å². The van der Waals surface area contributed by atoms with E-state index in [1.165, 1.54) is 84.2 Å². The molecule has 0 fully saturated rings. The van der Waals surface area contributed by atoms with E-state index in [0.717, 1.165) is 33.8 Å². The van der Waals surface area contributed by atoms with Gasteiger partial charge < -0.3 is 64.9 Å². The fourth-order valence-corrected chi connectivity index (χ4v) is 9.15. The molecule has 27 heteroatoms. The van der Waals surface area contributed by atoms with Crippen LogP contribution >= 0.6 is 15.9 Å². The van der Waals surface area contributed by atoms with Crippen molar-refractivity contribution < 1.29 is 95.5 Å². The molecule has 0 spiro atoms. The number of anilines is 4. The number of alkyl halides is 4. The number of nitrogens with zero attached hydrogens (tertiary/aromatic N) is 3. The number of allylic oxidation sites excluding steroid dienone is 1. The first-order valence-electron chi connectivity index (χ1n) is 35.7. The fraction of sp³-hybridized carbons (Fsp3) is 0.291. The van der Waals surface area contributed by atoms with E-state index in [4.69, 9.17) is 30.5 Å². The Labute approximate surface area is 667 Å². The highest BCUT2D eigenvalue weighted by molar-refractivity contribution is 9.09. The number of halogens is 7. The molecule has 5 amide bonds. The van der Waals surface area contributed by atoms with E-state index in [1.54, 1.807) is 114 Å². The van der Waals surface area contributed by atoms with Gasteiger partial charge in [0.2, 0.25) is 0 Å². The second-order valence-electron chi connectivity index (χ2n) is 26.8. The third kappa shape index (κ3) is 38.1. The first-order valence-corrected chi connectivity index (χ1v) is 35.8. The first kappa shape index (κ1) is 95.3. The highest BCUT2D eigenvalue weighted by Crippen LogP contribution is 2.24. The maximum absolute atomic E-state index is 13.1. The summed E-state index contributed by atoms with van der Waals surface area (Å²) in [5.41, 5.74) is 9.33. The van der Waals surface area contributed by atoms with E-state index in [2.05, 4.69) is 57.8 Å². The van der Waals surface area contributed by atoms with Crippen molar-refractivity contribution in [3.05, 3.63) is 274 Å². The van der Waals surface area contributed by atoms with Gasteiger partial charge in [0.05, 0.1) is 24.6 Å². The van der Waals surface area contributed by atoms with Gasteiger partial charge in [-0.3, -0.25) is 24.0 Å². The van der Waals surface area contributed by atoms with Crippen molar-refractivity contribution in [2.75, 3.05) is 79.8 Å². The van der Waals surface area contributed by atoms with Gasteiger partial charge in [-0.15, -0.1) is 0 Å². The smallest absolute Gasteiger partial charge is 0.471 e. The van der Waals surface area contributed by atoms with Crippen molar-refractivity contribution in [2.24, 2.45) is 0 Å². The molecule has 6 N–H and O–H groups in total. The number of rotatable bonds is 22. The molecule has 0 atom stereocenters. The number of esters is 1. The third-order valence-electron chi connectivity index (χ3n) is 15.1. The Morgan fingerprint density at radius 3 is 1.06 bits per heavy atom. The van der Waals surface area contributed by atoms with Crippen molar-refractivity contribution in [3.63, 3.8) is 0 Å². The normalized spacial score (nSPS) is 11.1. The monoisotopic (exact) mass is 1640 g/mol. The van der Waals surface area contributed by atoms with Gasteiger partial charge in [0, 0.05) is 105 Å². The molecule has 113 heavy (non-hydrogen) atoms. The number of aromatic hydroxyl groups is 2. The number of phenols is 2. The highest BCUT2D eigenvalue weighted by atomic mass is 79.9. The molecule has 0 aliphatic carbocycles. The van der Waals surface area contributed by atoms with E-state index in [9.17, 15) is 65.0 Å². The summed E-state index contributed by atoms with van der Waals surface area (Å²) in [7, 11) is 8.27. The minimum atomic E-state index is -5.05. The lowest BCUT2D eigenvalue weighted by Crippen LogP contribution is -2.38. The summed E-state index contributed by atoms with van der Waals surface area (Å²) in [6.07, 6.45) is -4.06. The van der Waals surface area contributed by atoms with Gasteiger partial charge in [-0.1, -0.05) is 94.1 Å². The van der Waals surface area contributed by atoms with E-state index < -0.39 is 41.9 Å². The number of carbonyl (C=O) groups is 7. The number of amides is 5. The Balaban J connectivity index is 0.000000488. The minimum Gasteiger partial charge on any atom is -0.508 e. The molecule has 0 saturated heterocycles. The Bertz CT molecular complexity index is 4370. The molecular formula is C86H101BrF6N6O14. The Kier molecular flexibility index (Phi) is 41.1. The molecule has 0 bridgehead atoms. The number of carbonyl (C=O) groups excluding carboxylic acids is 6. The summed E-state index contributed by atoms with van der Waals surface area (Å²) in [4.78, 5) is 86.0. The molecule has 8 rings (SSSR count). The number of benzene rings is 8. The average molecular weight is 1640 g/mol. The van der Waals surface area contributed by atoms with Gasteiger partial charge in [0.1, 0.15) is 47.4 Å². The number of aryl methyl sites for hydroxylation is 4. The highest BCUT2D eigenvalue weighted by Gasteiger charge is 2.38. The number of ether oxygens (including phenoxy) is 4. The van der Waals surface area contributed by atoms with Crippen LogP contribution in [0.4, 0.5) is 53.9 Å². The second-order valence-corrected chi connectivity index (χ2v) is 27.4. The molecular weight excluding hydrogens is 1530 g/mol. The maximum atomic E-state index is 13.1. The number of carboxylic acids is 1. The van der Waals surface area contributed by atoms with Crippen LogP contribution in [0.2, 0.25) is 0 Å². The third-order valence-corrected chi connectivity index (χ3v) is 15.8. The summed E-state index contributed by atoms with van der Waals surface area (Å²) in [5, 5.41) is 33.9. The second kappa shape index (κ2) is 48.7. The van der Waals surface area contributed by atoms with Crippen molar-refractivity contribution in [1.82, 2.24) is 10.6 Å². The van der Waals surface area contributed by atoms with Crippen LogP contribution < -0.4 is 40.1 Å². The fourth-order valence-electron chi connectivity index (χ4n) is 8.75. The minimum absolute atomic E-state index is 0.0384. The van der Waals surface area contributed by atoms with Gasteiger partial charge in [-0.25, -0.2) is 22.8 Å². The summed E-state index contributed by atoms with van der Waals surface area (Å²) in [5.74, 6) is -2.95. The molecule has 0 heterocycles. The maximum Gasteiger partial charge on any atom is 0.471 e. The molecule has 0 radical (unpaired) electrons. The van der Waals surface area contributed by atoms with Crippen LogP contribution in [0.15, 0.2) is 230 Å².